The van der Waals surface area contributed by atoms with E-state index in [-0.39, 0.29) is 95.2 Å². The van der Waals surface area contributed by atoms with Crippen LogP contribution in [0, 0.1) is 0 Å². The van der Waals surface area contributed by atoms with E-state index in [4.69, 9.17) is 0 Å². The predicted molar refractivity (Wildman–Crippen MR) is 441 cm³/mol. The van der Waals surface area contributed by atoms with Gasteiger partial charge in [-0.3, -0.25) is 38.4 Å². The molecule has 21 rings (SSSR count). The van der Waals surface area contributed by atoms with Crippen molar-refractivity contribution in [2.45, 2.75) is 37.0 Å². The normalized spacial score (nSPS) is 17.1. The number of phenolic OH excluding ortho intramolecular Hbond substituents is 2. The third kappa shape index (κ3) is 9.80. The smallest absolute Gasteiger partial charge is 0.266 e. The number of aromatic hydroxyl groups is 2. The van der Waals surface area contributed by atoms with E-state index < -0.39 is 64.2 Å². The molecule has 3 atom stereocenters. The highest BCUT2D eigenvalue weighted by atomic mass is 16.3. The second kappa shape index (κ2) is 25.0. The van der Waals surface area contributed by atoms with Crippen molar-refractivity contribution in [2.75, 3.05) is 19.6 Å². The minimum absolute atomic E-state index is 0.0112. The lowest BCUT2D eigenvalue weighted by molar-refractivity contribution is 0.0872. The summed E-state index contributed by atoms with van der Waals surface area (Å²) in [5, 5.41) is 24.2. The first-order chi connectivity index (χ1) is 55.5. The minimum atomic E-state index is -1.14. The molecule has 0 bridgehead atoms. The molecular formula is C100H62N4O10. The zero-order chi connectivity index (χ0) is 77.4. The van der Waals surface area contributed by atoms with Crippen molar-refractivity contribution in [3.63, 3.8) is 0 Å². The van der Waals surface area contributed by atoms with Gasteiger partial charge in [0.15, 0.2) is 0 Å². The van der Waals surface area contributed by atoms with Gasteiger partial charge in [0.25, 0.3) is 47.3 Å². The van der Waals surface area contributed by atoms with Crippen LogP contribution >= 0.6 is 0 Å². The molecule has 14 heteroatoms. The molecule has 7 aliphatic rings. The molecule has 8 amide bonds. The molecule has 542 valence electrons. The highest BCUT2D eigenvalue weighted by Crippen LogP contribution is 2.54. The van der Waals surface area contributed by atoms with Crippen molar-refractivity contribution in [1.82, 2.24) is 0 Å². The molecule has 4 heterocycles. The fraction of sp³-hybridized carbons (Fsp3) is 0.0600. The fourth-order valence-electron chi connectivity index (χ4n) is 18.7. The predicted octanol–water partition coefficient (Wildman–Crippen LogP) is 20.0. The first-order valence-corrected chi connectivity index (χ1v) is 37.7. The molecule has 0 fully saturated rings. The molecule has 114 heavy (non-hydrogen) atoms. The number of fused-ring (bicyclic) bond motifs is 3. The van der Waals surface area contributed by atoms with Gasteiger partial charge in [-0.1, -0.05) is 208 Å². The Morgan fingerprint density at radius 1 is 0.263 bits per heavy atom. The maximum Gasteiger partial charge on any atom is 0.266 e. The third-order valence-corrected chi connectivity index (χ3v) is 24.1. The van der Waals surface area contributed by atoms with E-state index in [1.165, 1.54) is 77.7 Å². The van der Waals surface area contributed by atoms with Gasteiger partial charge in [0, 0.05) is 89.2 Å². The molecule has 0 radical (unpaired) electrons. The lowest BCUT2D eigenvalue weighted by Gasteiger charge is -2.34. The Morgan fingerprint density at radius 3 is 0.895 bits per heavy atom. The Morgan fingerprint density at radius 2 is 0.553 bits per heavy atom. The average molecular weight is 1480 g/mol. The summed E-state index contributed by atoms with van der Waals surface area (Å²) in [6.45, 7) is 3.64. The van der Waals surface area contributed by atoms with E-state index in [0.717, 1.165) is 98.2 Å². The number of imide groups is 4. The van der Waals surface area contributed by atoms with E-state index in [2.05, 4.69) is 97.1 Å². The maximum absolute atomic E-state index is 15.8. The van der Waals surface area contributed by atoms with Gasteiger partial charge < -0.3 is 10.2 Å². The number of benzene rings is 14. The molecule has 0 spiro atoms. The largest absolute Gasteiger partial charge is 0.506 e. The van der Waals surface area contributed by atoms with Crippen LogP contribution in [0.4, 0.5) is 22.7 Å². The lowest BCUT2D eigenvalue weighted by Crippen LogP contribution is -2.43. The summed E-state index contributed by atoms with van der Waals surface area (Å²) in [6, 6.07) is 89.5. The molecule has 4 aliphatic heterocycles. The summed E-state index contributed by atoms with van der Waals surface area (Å²) in [5.41, 5.74) is 15.9. The first-order valence-electron chi connectivity index (χ1n) is 37.7. The molecule has 14 nitrogen and oxygen atoms in total. The van der Waals surface area contributed by atoms with Crippen molar-refractivity contribution in [2.24, 2.45) is 0 Å². The van der Waals surface area contributed by atoms with Crippen molar-refractivity contribution in [3.8, 4) is 11.5 Å². The number of nitrogens with zero attached hydrogens (tertiary/aromatic N) is 4. The number of amides is 8. The van der Waals surface area contributed by atoms with Gasteiger partial charge in [0.1, 0.15) is 11.5 Å². The summed E-state index contributed by atoms with van der Waals surface area (Å²) in [5.74, 6) is -7.52. The van der Waals surface area contributed by atoms with E-state index in [0.29, 0.717) is 22.5 Å². The number of hydrogen-bond acceptors (Lipinski definition) is 10. The highest BCUT2D eigenvalue weighted by Gasteiger charge is 2.46. The van der Waals surface area contributed by atoms with Crippen LogP contribution in [-0.4, -0.2) is 57.5 Å². The van der Waals surface area contributed by atoms with Gasteiger partial charge in [-0.15, -0.1) is 0 Å². The van der Waals surface area contributed by atoms with Crippen LogP contribution in [0.2, 0.25) is 0 Å². The molecule has 0 saturated heterocycles. The number of phenols is 2. The van der Waals surface area contributed by atoms with Crippen molar-refractivity contribution in [3.05, 3.63) is 414 Å². The number of carbonyl (C=O) groups excluding carboxylic acids is 8. The van der Waals surface area contributed by atoms with E-state index >= 15 is 28.8 Å². The van der Waals surface area contributed by atoms with Crippen molar-refractivity contribution >= 4 is 126 Å². The quantitative estimate of drug-likeness (QED) is 0.111. The Hall–Kier alpha value is -15.0. The van der Waals surface area contributed by atoms with Gasteiger partial charge >= 0.3 is 0 Å². The highest BCUT2D eigenvalue weighted by molar-refractivity contribution is 6.44. The van der Waals surface area contributed by atoms with E-state index in [1.807, 2.05) is 135 Å². The van der Waals surface area contributed by atoms with Gasteiger partial charge in [-0.05, 0) is 210 Å². The summed E-state index contributed by atoms with van der Waals surface area (Å²) in [6.07, 6.45) is 6.59. The van der Waals surface area contributed by atoms with Crippen LogP contribution in [0.25, 0.3) is 56.5 Å². The standard InChI is InChI=1S/C100H62N4O10/c1-100(2,63-33-43-83(105)81(52-63)103-96(111)74-39-35-70-88-71(36-40-75(90(74)88)97(103)112)93(108)101(92(70)107)65-29-18-28-60(46-65)85-67-30-15-12-25-57(67)49-78(85)54-19-6-3-7-20-54)64-34-44-84(106)82(53-64)104-98(113)76-41-37-72-89-73(38-42-77(91(76)89)99(104)114)95(110)102(94(72)109)66-47-61(86-68-31-16-13-26-58(68)50-79(86)55-21-8-4-9-22-55)45-62(48-66)87-69-32-17-14-27-59(69)51-80(87)56-23-10-5-11-24-56/h3-53,85-87,105-106H,1-2H3. The molecule has 0 aromatic heterocycles. The number of allylic oxidation sites excluding steroid dienone is 3. The second-order valence-electron chi connectivity index (χ2n) is 30.5. The first kappa shape index (κ1) is 67.1. The summed E-state index contributed by atoms with van der Waals surface area (Å²) >= 11 is 0. The van der Waals surface area contributed by atoms with E-state index in [1.54, 1.807) is 18.2 Å². The van der Waals surface area contributed by atoms with Crippen LogP contribution in [-0.2, 0) is 5.41 Å². The molecule has 2 N–H and O–H groups in total. The molecule has 14 aromatic rings. The van der Waals surface area contributed by atoms with Gasteiger partial charge in [-0.25, -0.2) is 19.6 Å². The molecule has 0 saturated carbocycles. The SMILES string of the molecule is CC(C)(c1ccc(O)c(N2C(=O)c3ccc4c5c(ccc(c35)C2=O)C(=O)N(c2cccc(C3C(c5ccccc5)=Cc5ccccc53)c2)C4=O)c1)c1ccc(O)c(N2C(=O)c3ccc4c5c(ccc(c35)C2=O)C(=O)N(c2cc(C3C(c5ccccc5)=Cc5ccccc53)cc(C3C(c5ccccc5)=Cc5ccccc53)c2)C4=O)c1. The Labute approximate surface area is 653 Å². The van der Waals surface area contributed by atoms with E-state index in [9.17, 15) is 19.8 Å². The molecule has 14 aromatic carbocycles. The van der Waals surface area contributed by atoms with Crippen molar-refractivity contribution < 1.29 is 48.6 Å². The van der Waals surface area contributed by atoms with Gasteiger partial charge in [0.05, 0.1) is 22.7 Å². The zero-order valence-electron chi connectivity index (χ0n) is 61.1. The molecular weight excluding hydrogens is 1420 g/mol. The van der Waals surface area contributed by atoms with Gasteiger partial charge in [0.2, 0.25) is 0 Å². The van der Waals surface area contributed by atoms with Crippen LogP contribution in [0.15, 0.2) is 291 Å². The minimum Gasteiger partial charge on any atom is -0.506 e. The summed E-state index contributed by atoms with van der Waals surface area (Å²) in [7, 11) is 0. The lowest BCUT2D eigenvalue weighted by atomic mass is 9.77. The molecule has 3 aliphatic carbocycles. The Balaban J connectivity index is 0.589. The summed E-state index contributed by atoms with van der Waals surface area (Å²) < 4.78 is 0. The maximum atomic E-state index is 15.8. The Kier molecular flexibility index (Phi) is 14.7. The third-order valence-electron chi connectivity index (χ3n) is 24.1. The fourth-order valence-corrected chi connectivity index (χ4v) is 18.7. The van der Waals surface area contributed by atoms with Crippen LogP contribution in [0.1, 0.15) is 192 Å². The zero-order valence-corrected chi connectivity index (χ0v) is 61.1. The average Bonchev–Trinajstić information content (AvgIpc) is 0.907. The molecule has 3 unspecified atom stereocenters. The van der Waals surface area contributed by atoms with Gasteiger partial charge in [-0.2, -0.15) is 0 Å². The van der Waals surface area contributed by atoms with Crippen LogP contribution in [0.3, 0.4) is 0 Å². The number of rotatable bonds is 12. The monoisotopic (exact) mass is 1480 g/mol. The number of anilines is 4. The number of carbonyl (C=O) groups is 8. The van der Waals surface area contributed by atoms with Crippen LogP contribution in [0.5, 0.6) is 11.5 Å². The van der Waals surface area contributed by atoms with Crippen molar-refractivity contribution in [1.29, 1.82) is 0 Å². The summed E-state index contributed by atoms with van der Waals surface area (Å²) in [4.78, 5) is 127. The topological polar surface area (TPSA) is 190 Å². The Bertz CT molecular complexity index is 6630. The van der Waals surface area contributed by atoms with Crippen LogP contribution < -0.4 is 19.6 Å². The second-order valence-corrected chi connectivity index (χ2v) is 30.5. The number of hydrogen-bond donors (Lipinski definition) is 2.